The number of amides is 2. The molecule has 6 heteroatoms. The van der Waals surface area contributed by atoms with Crippen LogP contribution in [0.4, 0.5) is 5.69 Å². The summed E-state index contributed by atoms with van der Waals surface area (Å²) >= 11 is 12.0. The molecule has 0 bridgehead atoms. The number of piperidine rings is 1. The first kappa shape index (κ1) is 18.1. The molecule has 138 valence electrons. The second-order valence-electron chi connectivity index (χ2n) is 6.70. The Morgan fingerprint density at radius 1 is 0.704 bits per heavy atom. The van der Waals surface area contributed by atoms with Crippen molar-refractivity contribution >= 4 is 46.3 Å². The summed E-state index contributed by atoms with van der Waals surface area (Å²) in [5, 5.41) is 1.14. The highest BCUT2D eigenvalue weighted by atomic mass is 35.5. The lowest BCUT2D eigenvalue weighted by molar-refractivity contribution is -0.120. The third-order valence-corrected chi connectivity index (χ3v) is 5.45. The van der Waals surface area contributed by atoms with Gasteiger partial charge in [-0.05, 0) is 61.2 Å². The number of rotatable bonds is 3. The van der Waals surface area contributed by atoms with Gasteiger partial charge >= 0.3 is 0 Å². The Bertz CT molecular complexity index is 914. The first-order valence-corrected chi connectivity index (χ1v) is 9.71. The summed E-state index contributed by atoms with van der Waals surface area (Å²) in [6.45, 7) is 1.56. The fraction of sp³-hybridized carbons (Fsp3) is 0.238. The molecule has 2 aliphatic rings. The molecule has 0 aliphatic carbocycles. The van der Waals surface area contributed by atoms with Gasteiger partial charge in [-0.3, -0.25) is 9.59 Å². The van der Waals surface area contributed by atoms with Crippen LogP contribution in [0.3, 0.4) is 0 Å². The van der Waals surface area contributed by atoms with Crippen LogP contribution in [0.2, 0.25) is 10.0 Å². The Hall–Kier alpha value is -2.30. The Morgan fingerprint density at radius 2 is 1.26 bits per heavy atom. The molecule has 1 fully saturated rings. The molecule has 4 nitrogen and oxygen atoms in total. The lowest BCUT2D eigenvalue weighted by Crippen LogP contribution is -2.37. The van der Waals surface area contributed by atoms with Gasteiger partial charge in [-0.1, -0.05) is 35.3 Å². The fourth-order valence-corrected chi connectivity index (χ4v) is 3.88. The van der Waals surface area contributed by atoms with Crippen LogP contribution in [0.1, 0.15) is 24.8 Å². The molecule has 0 unspecified atom stereocenters. The van der Waals surface area contributed by atoms with E-state index in [-0.39, 0.29) is 11.8 Å². The molecular formula is C21H18Cl2N2O2. The highest BCUT2D eigenvalue weighted by Gasteiger charge is 2.42. The largest absolute Gasteiger partial charge is 0.366 e. The topological polar surface area (TPSA) is 40.6 Å². The van der Waals surface area contributed by atoms with Crippen molar-refractivity contribution in [2.24, 2.45) is 0 Å². The summed E-state index contributed by atoms with van der Waals surface area (Å²) in [5.41, 5.74) is 2.15. The van der Waals surface area contributed by atoms with E-state index in [1.54, 1.807) is 48.5 Å². The number of halogens is 2. The standard InChI is InChI=1S/C21H18Cl2N2O2/c22-15-6-4-14(5-7-15)18-19(24-12-2-1-3-13-24)21(27)25(20(18)26)17-10-8-16(23)9-11-17/h4-11H,1-3,12-13H2. The molecular weight excluding hydrogens is 383 g/mol. The van der Waals surface area contributed by atoms with E-state index in [4.69, 9.17) is 23.2 Å². The van der Waals surface area contributed by atoms with Gasteiger partial charge in [0, 0.05) is 23.1 Å². The highest BCUT2D eigenvalue weighted by Crippen LogP contribution is 2.36. The Kier molecular flexibility index (Phi) is 4.94. The van der Waals surface area contributed by atoms with Crippen molar-refractivity contribution in [1.29, 1.82) is 0 Å². The third kappa shape index (κ3) is 3.35. The van der Waals surface area contributed by atoms with Crippen LogP contribution in [-0.2, 0) is 9.59 Å². The molecule has 0 saturated carbocycles. The van der Waals surface area contributed by atoms with Crippen LogP contribution >= 0.6 is 23.2 Å². The van der Waals surface area contributed by atoms with Gasteiger partial charge in [-0.2, -0.15) is 0 Å². The summed E-state index contributed by atoms with van der Waals surface area (Å²) < 4.78 is 0. The Balaban J connectivity index is 1.81. The molecule has 2 amide bonds. The summed E-state index contributed by atoms with van der Waals surface area (Å²) in [6.07, 6.45) is 3.17. The number of anilines is 1. The number of hydrogen-bond donors (Lipinski definition) is 0. The quantitative estimate of drug-likeness (QED) is 0.697. The first-order valence-electron chi connectivity index (χ1n) is 8.96. The molecule has 0 atom stereocenters. The van der Waals surface area contributed by atoms with Crippen molar-refractivity contribution in [3.63, 3.8) is 0 Å². The van der Waals surface area contributed by atoms with Gasteiger partial charge < -0.3 is 4.90 Å². The van der Waals surface area contributed by atoms with Crippen LogP contribution in [0, 0.1) is 0 Å². The number of benzene rings is 2. The number of imide groups is 1. The van der Waals surface area contributed by atoms with E-state index in [1.807, 2.05) is 4.90 Å². The molecule has 4 rings (SSSR count). The van der Waals surface area contributed by atoms with E-state index in [0.29, 0.717) is 32.6 Å². The number of likely N-dealkylation sites (tertiary alicyclic amines) is 1. The van der Waals surface area contributed by atoms with Crippen molar-refractivity contribution in [3.05, 3.63) is 69.8 Å². The van der Waals surface area contributed by atoms with Gasteiger partial charge in [0.15, 0.2) is 0 Å². The van der Waals surface area contributed by atoms with Crippen molar-refractivity contribution in [3.8, 4) is 0 Å². The van der Waals surface area contributed by atoms with Gasteiger partial charge in [0.25, 0.3) is 11.8 Å². The summed E-state index contributed by atoms with van der Waals surface area (Å²) in [5.74, 6) is -0.598. The van der Waals surface area contributed by atoms with Gasteiger partial charge in [-0.25, -0.2) is 4.90 Å². The van der Waals surface area contributed by atoms with Gasteiger partial charge in [0.05, 0.1) is 11.3 Å². The van der Waals surface area contributed by atoms with Crippen molar-refractivity contribution in [2.45, 2.75) is 19.3 Å². The second-order valence-corrected chi connectivity index (χ2v) is 7.57. The minimum absolute atomic E-state index is 0.283. The van der Waals surface area contributed by atoms with E-state index >= 15 is 0 Å². The molecule has 2 aliphatic heterocycles. The monoisotopic (exact) mass is 400 g/mol. The van der Waals surface area contributed by atoms with Crippen LogP contribution < -0.4 is 4.90 Å². The van der Waals surface area contributed by atoms with E-state index in [1.165, 1.54) is 4.90 Å². The molecule has 0 N–H and O–H groups in total. The molecule has 2 aromatic rings. The lowest BCUT2D eigenvalue weighted by Gasteiger charge is -2.29. The average Bonchev–Trinajstić information content (AvgIpc) is 2.94. The SMILES string of the molecule is O=C1C(c2ccc(Cl)cc2)=C(N2CCCCC2)C(=O)N1c1ccc(Cl)cc1. The van der Waals surface area contributed by atoms with E-state index in [0.717, 1.165) is 32.4 Å². The molecule has 2 heterocycles. The summed E-state index contributed by atoms with van der Waals surface area (Å²) in [4.78, 5) is 29.9. The molecule has 0 spiro atoms. The Morgan fingerprint density at radius 3 is 1.85 bits per heavy atom. The van der Waals surface area contributed by atoms with Crippen LogP contribution in [0.25, 0.3) is 5.57 Å². The number of hydrogen-bond acceptors (Lipinski definition) is 3. The predicted octanol–water partition coefficient (Wildman–Crippen LogP) is 4.76. The molecule has 1 saturated heterocycles. The van der Waals surface area contributed by atoms with E-state index in [9.17, 15) is 9.59 Å². The normalized spacial score (nSPS) is 17.9. The maximum atomic E-state index is 13.3. The average molecular weight is 401 g/mol. The summed E-state index contributed by atoms with van der Waals surface area (Å²) in [6, 6.07) is 13.8. The van der Waals surface area contributed by atoms with Crippen molar-refractivity contribution in [1.82, 2.24) is 4.90 Å². The molecule has 2 aromatic carbocycles. The minimum Gasteiger partial charge on any atom is -0.366 e. The number of nitrogens with zero attached hydrogens (tertiary/aromatic N) is 2. The van der Waals surface area contributed by atoms with E-state index in [2.05, 4.69) is 0 Å². The lowest BCUT2D eigenvalue weighted by atomic mass is 10.0. The van der Waals surface area contributed by atoms with Crippen molar-refractivity contribution < 1.29 is 9.59 Å². The number of carbonyl (C=O) groups excluding carboxylic acids is 2. The molecule has 27 heavy (non-hydrogen) atoms. The Labute approximate surface area is 168 Å². The van der Waals surface area contributed by atoms with Crippen molar-refractivity contribution in [2.75, 3.05) is 18.0 Å². The van der Waals surface area contributed by atoms with Gasteiger partial charge in [0.1, 0.15) is 5.70 Å². The van der Waals surface area contributed by atoms with Gasteiger partial charge in [-0.15, -0.1) is 0 Å². The van der Waals surface area contributed by atoms with E-state index < -0.39 is 0 Å². The zero-order chi connectivity index (χ0) is 19.0. The molecule has 0 aromatic heterocycles. The van der Waals surface area contributed by atoms with Gasteiger partial charge in [0.2, 0.25) is 0 Å². The maximum Gasteiger partial charge on any atom is 0.282 e. The smallest absolute Gasteiger partial charge is 0.282 e. The predicted molar refractivity (Wildman–Crippen MR) is 108 cm³/mol. The summed E-state index contributed by atoms with van der Waals surface area (Å²) in [7, 11) is 0. The first-order chi connectivity index (χ1) is 13.1. The van der Waals surface area contributed by atoms with Crippen LogP contribution in [-0.4, -0.2) is 29.8 Å². The maximum absolute atomic E-state index is 13.3. The highest BCUT2D eigenvalue weighted by molar-refractivity contribution is 6.45. The van der Waals surface area contributed by atoms with Crippen LogP contribution in [0.15, 0.2) is 54.2 Å². The fourth-order valence-electron chi connectivity index (χ4n) is 3.63. The minimum atomic E-state index is -0.315. The third-order valence-electron chi connectivity index (χ3n) is 4.95. The second kappa shape index (κ2) is 7.37. The zero-order valence-electron chi connectivity index (χ0n) is 14.6. The number of carbonyl (C=O) groups is 2. The van der Waals surface area contributed by atoms with Crippen LogP contribution in [0.5, 0.6) is 0 Å². The molecule has 0 radical (unpaired) electrons. The zero-order valence-corrected chi connectivity index (χ0v) is 16.1.